The average Bonchev–Trinajstić information content (AvgIpc) is 2.12. The molecule has 0 fully saturated rings. The molecule has 1 unspecified atom stereocenters. The summed E-state index contributed by atoms with van der Waals surface area (Å²) in [6.07, 6.45) is 1.25. The summed E-state index contributed by atoms with van der Waals surface area (Å²) in [5.41, 5.74) is 0.551. The zero-order chi connectivity index (χ0) is 10.6. The number of rotatable bonds is 4. The Morgan fingerprint density at radius 3 is 2.79 bits per heavy atom. The third kappa shape index (κ3) is 2.96. The lowest BCUT2D eigenvalue weighted by Gasteiger charge is -2.11. The lowest BCUT2D eigenvalue weighted by molar-refractivity contribution is 0.261. The molecule has 1 aromatic carbocycles. The molecule has 1 atom stereocenters. The Labute approximate surface area is 88.5 Å². The molecule has 0 amide bonds. The van der Waals surface area contributed by atoms with Gasteiger partial charge in [0.05, 0.1) is 0 Å². The van der Waals surface area contributed by atoms with E-state index in [9.17, 15) is 4.39 Å². The number of benzene rings is 1. The van der Waals surface area contributed by atoms with Crippen molar-refractivity contribution in [3.05, 3.63) is 34.6 Å². The summed E-state index contributed by atoms with van der Waals surface area (Å²) < 4.78 is 13.3. The standard InChI is InChI=1S/C11H14ClFO/c1-8(5-6-14)7-9-10(12)3-2-4-11(9)13/h2-4,8,14H,5-7H2,1H3. The fourth-order valence-electron chi connectivity index (χ4n) is 1.40. The Kier molecular flexibility index (Phi) is 4.36. The molecule has 0 saturated heterocycles. The molecule has 14 heavy (non-hydrogen) atoms. The van der Waals surface area contributed by atoms with E-state index < -0.39 is 0 Å². The van der Waals surface area contributed by atoms with E-state index in [-0.39, 0.29) is 18.3 Å². The maximum atomic E-state index is 13.3. The van der Waals surface area contributed by atoms with Crippen LogP contribution in [0, 0.1) is 11.7 Å². The summed E-state index contributed by atoms with van der Waals surface area (Å²) in [4.78, 5) is 0. The molecule has 0 spiro atoms. The summed E-state index contributed by atoms with van der Waals surface area (Å²) in [5, 5.41) is 9.19. The van der Waals surface area contributed by atoms with Crippen LogP contribution in [0.4, 0.5) is 4.39 Å². The first-order valence-corrected chi connectivity index (χ1v) is 5.06. The van der Waals surface area contributed by atoms with Gasteiger partial charge in [0, 0.05) is 17.2 Å². The fraction of sp³-hybridized carbons (Fsp3) is 0.455. The molecule has 1 aromatic rings. The van der Waals surface area contributed by atoms with Crippen LogP contribution in [0.2, 0.25) is 5.02 Å². The number of aliphatic hydroxyl groups excluding tert-OH is 1. The first-order valence-electron chi connectivity index (χ1n) is 4.69. The quantitative estimate of drug-likeness (QED) is 0.820. The Balaban J connectivity index is 2.75. The highest BCUT2D eigenvalue weighted by molar-refractivity contribution is 6.31. The lowest BCUT2D eigenvalue weighted by atomic mass is 9.98. The first kappa shape index (κ1) is 11.5. The number of hydrogen-bond acceptors (Lipinski definition) is 1. The van der Waals surface area contributed by atoms with Crippen LogP contribution in [0.15, 0.2) is 18.2 Å². The van der Waals surface area contributed by atoms with Crippen molar-refractivity contribution in [1.29, 1.82) is 0 Å². The van der Waals surface area contributed by atoms with Gasteiger partial charge in [-0.05, 0) is 30.9 Å². The van der Waals surface area contributed by atoms with E-state index in [4.69, 9.17) is 16.7 Å². The summed E-state index contributed by atoms with van der Waals surface area (Å²) in [7, 11) is 0. The zero-order valence-electron chi connectivity index (χ0n) is 8.13. The maximum absolute atomic E-state index is 13.3. The molecule has 1 N–H and O–H groups in total. The van der Waals surface area contributed by atoms with Crippen molar-refractivity contribution in [2.45, 2.75) is 19.8 Å². The number of hydrogen-bond donors (Lipinski definition) is 1. The second kappa shape index (κ2) is 5.32. The highest BCUT2D eigenvalue weighted by Gasteiger charge is 2.10. The third-order valence-electron chi connectivity index (χ3n) is 2.24. The predicted molar refractivity (Wildman–Crippen MR) is 56.0 cm³/mol. The van der Waals surface area contributed by atoms with Gasteiger partial charge >= 0.3 is 0 Å². The summed E-state index contributed by atoms with van der Waals surface area (Å²) in [6.45, 7) is 2.10. The van der Waals surface area contributed by atoms with E-state index in [1.54, 1.807) is 12.1 Å². The minimum Gasteiger partial charge on any atom is -0.396 e. The van der Waals surface area contributed by atoms with Crippen molar-refractivity contribution in [2.24, 2.45) is 5.92 Å². The van der Waals surface area contributed by atoms with E-state index in [0.29, 0.717) is 23.4 Å². The zero-order valence-corrected chi connectivity index (χ0v) is 8.89. The van der Waals surface area contributed by atoms with Gasteiger partial charge in [0.2, 0.25) is 0 Å². The molecule has 3 heteroatoms. The van der Waals surface area contributed by atoms with Gasteiger partial charge in [0.1, 0.15) is 5.82 Å². The molecule has 78 valence electrons. The van der Waals surface area contributed by atoms with Crippen LogP contribution < -0.4 is 0 Å². The average molecular weight is 217 g/mol. The minimum absolute atomic E-state index is 0.132. The van der Waals surface area contributed by atoms with Crippen molar-refractivity contribution in [2.75, 3.05) is 6.61 Å². The Morgan fingerprint density at radius 2 is 2.21 bits per heavy atom. The highest BCUT2D eigenvalue weighted by atomic mass is 35.5. The van der Waals surface area contributed by atoms with Crippen LogP contribution in [0.3, 0.4) is 0 Å². The van der Waals surface area contributed by atoms with Gasteiger partial charge in [-0.15, -0.1) is 0 Å². The molecule has 0 saturated carbocycles. The second-order valence-corrected chi connectivity index (χ2v) is 3.93. The van der Waals surface area contributed by atoms with Gasteiger partial charge < -0.3 is 5.11 Å². The number of aliphatic hydroxyl groups is 1. The molecule has 0 aliphatic rings. The monoisotopic (exact) mass is 216 g/mol. The lowest BCUT2D eigenvalue weighted by Crippen LogP contribution is -2.04. The molecule has 0 radical (unpaired) electrons. The van der Waals surface area contributed by atoms with E-state index >= 15 is 0 Å². The topological polar surface area (TPSA) is 20.2 Å². The van der Waals surface area contributed by atoms with Crippen molar-refractivity contribution in [3.8, 4) is 0 Å². The first-order chi connectivity index (χ1) is 6.65. The molecule has 0 aliphatic carbocycles. The summed E-state index contributed by atoms with van der Waals surface area (Å²) >= 11 is 5.87. The largest absolute Gasteiger partial charge is 0.396 e. The molecule has 1 nitrogen and oxygen atoms in total. The summed E-state index contributed by atoms with van der Waals surface area (Å²) in [6, 6.07) is 4.69. The van der Waals surface area contributed by atoms with Crippen molar-refractivity contribution < 1.29 is 9.50 Å². The van der Waals surface area contributed by atoms with E-state index in [1.807, 2.05) is 6.92 Å². The van der Waals surface area contributed by atoms with Crippen molar-refractivity contribution >= 4 is 11.6 Å². The fourth-order valence-corrected chi connectivity index (χ4v) is 1.64. The molecule has 0 aromatic heterocycles. The smallest absolute Gasteiger partial charge is 0.127 e. The van der Waals surface area contributed by atoms with Gasteiger partial charge in [-0.3, -0.25) is 0 Å². The van der Waals surface area contributed by atoms with E-state index in [1.165, 1.54) is 6.07 Å². The second-order valence-electron chi connectivity index (χ2n) is 3.52. The van der Waals surface area contributed by atoms with Crippen LogP contribution in [0.25, 0.3) is 0 Å². The van der Waals surface area contributed by atoms with Crippen LogP contribution >= 0.6 is 11.6 Å². The molecule has 0 heterocycles. The number of halogens is 2. The minimum atomic E-state index is -0.262. The molecule has 0 bridgehead atoms. The molecular formula is C11H14ClFO. The van der Waals surface area contributed by atoms with E-state index in [0.717, 1.165) is 0 Å². The van der Waals surface area contributed by atoms with Gasteiger partial charge in [-0.2, -0.15) is 0 Å². The predicted octanol–water partition coefficient (Wildman–Crippen LogP) is 3.04. The van der Waals surface area contributed by atoms with E-state index in [2.05, 4.69) is 0 Å². The Bertz CT molecular complexity index is 281. The Hall–Kier alpha value is -0.600. The SMILES string of the molecule is CC(CCO)Cc1c(F)cccc1Cl. The summed E-state index contributed by atoms with van der Waals surface area (Å²) in [5.74, 6) is -0.0170. The normalized spacial score (nSPS) is 12.9. The van der Waals surface area contributed by atoms with Gasteiger partial charge in [0.25, 0.3) is 0 Å². The highest BCUT2D eigenvalue weighted by Crippen LogP contribution is 2.22. The van der Waals surface area contributed by atoms with Crippen LogP contribution in [-0.2, 0) is 6.42 Å². The van der Waals surface area contributed by atoms with Gasteiger partial charge in [-0.25, -0.2) is 4.39 Å². The molecular weight excluding hydrogens is 203 g/mol. The Morgan fingerprint density at radius 1 is 1.50 bits per heavy atom. The van der Waals surface area contributed by atoms with Crippen LogP contribution in [0.1, 0.15) is 18.9 Å². The van der Waals surface area contributed by atoms with Crippen LogP contribution in [-0.4, -0.2) is 11.7 Å². The molecule has 1 rings (SSSR count). The van der Waals surface area contributed by atoms with Crippen LogP contribution in [0.5, 0.6) is 0 Å². The maximum Gasteiger partial charge on any atom is 0.127 e. The van der Waals surface area contributed by atoms with Crippen molar-refractivity contribution in [3.63, 3.8) is 0 Å². The third-order valence-corrected chi connectivity index (χ3v) is 2.59. The van der Waals surface area contributed by atoms with Gasteiger partial charge in [0.15, 0.2) is 0 Å². The van der Waals surface area contributed by atoms with Gasteiger partial charge in [-0.1, -0.05) is 24.6 Å². The van der Waals surface area contributed by atoms with Crippen molar-refractivity contribution in [1.82, 2.24) is 0 Å². The molecule has 0 aliphatic heterocycles.